The molecule has 21 heteroatoms. The number of nitrogens with zero attached hydrogens (tertiary/aromatic N) is 10. The number of hydrogen-bond acceptors (Lipinski definition) is 15. The van der Waals surface area contributed by atoms with Gasteiger partial charge in [0, 0.05) is 62.9 Å². The van der Waals surface area contributed by atoms with Crippen molar-refractivity contribution in [3.05, 3.63) is 24.0 Å². The van der Waals surface area contributed by atoms with Gasteiger partial charge in [-0.05, 0) is 51.4 Å². The van der Waals surface area contributed by atoms with Gasteiger partial charge in [-0.2, -0.15) is 9.97 Å². The quantitative estimate of drug-likeness (QED) is 0.0799. The fraction of sp³-hybridized carbons (Fsp3) is 0.711. The maximum absolute atomic E-state index is 13.6. The number of carbonyl (C=O) groups excluding carboxylic acids is 3. The van der Waals surface area contributed by atoms with Crippen molar-refractivity contribution >= 4 is 52.1 Å². The Bertz CT molecular complexity index is 2210. The Balaban J connectivity index is 0.950. The first-order chi connectivity index (χ1) is 31.8. The van der Waals surface area contributed by atoms with E-state index in [2.05, 4.69) is 58.8 Å². The molecule has 2 saturated carbocycles. The average Bonchev–Trinajstić information content (AvgIpc) is 4.20. The summed E-state index contributed by atoms with van der Waals surface area (Å²) in [4.78, 5) is 71.8. The van der Waals surface area contributed by atoms with Crippen LogP contribution < -0.4 is 31.1 Å². The highest BCUT2D eigenvalue weighted by molar-refractivity contribution is 5.79. The Morgan fingerprint density at radius 2 is 0.985 bits per heavy atom. The third-order valence-electron chi connectivity index (χ3n) is 14.6. The van der Waals surface area contributed by atoms with Gasteiger partial charge in [0.1, 0.15) is 35.4 Å². The van der Waals surface area contributed by atoms with E-state index in [-0.39, 0.29) is 54.6 Å². The summed E-state index contributed by atoms with van der Waals surface area (Å²) in [6.45, 7) is 14.1. The molecule has 4 aromatic rings. The molecule has 66 heavy (non-hydrogen) atoms. The molecule has 10 atom stereocenters. The Morgan fingerprint density at radius 3 is 1.35 bits per heavy atom. The van der Waals surface area contributed by atoms with Crippen LogP contribution in [0.15, 0.2) is 12.7 Å². The molecular formula is C45H68N14O7. The van der Waals surface area contributed by atoms with Crippen molar-refractivity contribution in [1.29, 1.82) is 0 Å². The number of hydrogen-bond donors (Lipinski definition) is 8. The summed E-state index contributed by atoms with van der Waals surface area (Å²) in [5.41, 5.74) is 4.06. The standard InChI is InChI=1S/C45H68N14O7/c1-7-23(8-2)33-35-41(58(21-46-35)29-17-27(37(62)39(29)64)50-31(60)11-5)54-43(52-33)56-15-13-25(19-56)48-45(66)49-26-14-16-57(20-26)44-53-34(24(9-3)10-4)36-42(55-44)59(22-47-36)30-18-28(38(63)40(30)65)51-32(61)12-6/h21-30,37-40,62-65H,7-20H2,1-6H3,(H,50,60)(H,51,61)(H2,48,49,66)/t25-,26-,27+,28+,29-,30-,37-,38-,39+,40+/m1/s1. The molecule has 0 bridgehead atoms. The highest BCUT2D eigenvalue weighted by atomic mass is 16.3. The van der Waals surface area contributed by atoms with Gasteiger partial charge in [0.05, 0.1) is 48.2 Å². The van der Waals surface area contributed by atoms with Crippen molar-refractivity contribution in [2.75, 3.05) is 36.0 Å². The highest BCUT2D eigenvalue weighted by Gasteiger charge is 2.45. The van der Waals surface area contributed by atoms with Crippen LogP contribution >= 0.6 is 0 Å². The number of imidazole rings is 2. The van der Waals surface area contributed by atoms with Crippen LogP contribution in [0.5, 0.6) is 0 Å². The van der Waals surface area contributed by atoms with E-state index in [1.165, 1.54) is 0 Å². The number of urea groups is 1. The van der Waals surface area contributed by atoms with Crippen LogP contribution in [0.25, 0.3) is 22.3 Å². The molecule has 8 N–H and O–H groups in total. The van der Waals surface area contributed by atoms with Crippen molar-refractivity contribution < 1.29 is 34.8 Å². The molecule has 2 aliphatic carbocycles. The second-order valence-corrected chi connectivity index (χ2v) is 18.6. The molecule has 0 unspecified atom stereocenters. The summed E-state index contributed by atoms with van der Waals surface area (Å²) in [5, 5.41) is 56.2. The van der Waals surface area contributed by atoms with Gasteiger partial charge < -0.3 is 60.6 Å². The van der Waals surface area contributed by atoms with Gasteiger partial charge in [0.25, 0.3) is 0 Å². The van der Waals surface area contributed by atoms with E-state index >= 15 is 0 Å². The van der Waals surface area contributed by atoms with E-state index in [0.717, 1.165) is 37.1 Å². The molecule has 360 valence electrons. The van der Waals surface area contributed by atoms with Crippen LogP contribution in [0.4, 0.5) is 16.7 Å². The smallest absolute Gasteiger partial charge is 0.315 e. The predicted octanol–water partition coefficient (Wildman–Crippen LogP) is 2.05. The largest absolute Gasteiger partial charge is 0.388 e. The lowest BCUT2D eigenvalue weighted by Gasteiger charge is -2.22. The van der Waals surface area contributed by atoms with E-state index in [4.69, 9.17) is 29.9 Å². The number of aliphatic hydroxyl groups is 4. The molecule has 2 aliphatic heterocycles. The summed E-state index contributed by atoms with van der Waals surface area (Å²) in [7, 11) is 0. The fourth-order valence-corrected chi connectivity index (χ4v) is 10.5. The zero-order valence-electron chi connectivity index (χ0n) is 39.0. The average molecular weight is 917 g/mol. The topological polar surface area (TPSA) is 274 Å². The van der Waals surface area contributed by atoms with Crippen LogP contribution in [0.1, 0.15) is 141 Å². The van der Waals surface area contributed by atoms with Crippen LogP contribution in [-0.4, -0.2) is 152 Å². The van der Waals surface area contributed by atoms with E-state index < -0.39 is 48.6 Å². The van der Waals surface area contributed by atoms with Crippen LogP contribution in [0, 0.1) is 0 Å². The maximum atomic E-state index is 13.6. The molecule has 21 nitrogen and oxygen atoms in total. The molecule has 2 saturated heterocycles. The lowest BCUT2D eigenvalue weighted by Crippen LogP contribution is -2.48. The lowest BCUT2D eigenvalue weighted by atomic mass is 9.98. The SMILES string of the molecule is CCC(=O)N[C@H]1C[C@@H](n2cnc3c(C(CC)CC)nc(N4CC[C@@H](NC(=O)N[C@@H]5CCN(c6nc(C(CC)CC)c7ncn([C@@H]8C[C@H](NC(=O)CC)[C@@H](O)[C@H]8O)c7n6)C5)C4)nc32)[C@H](O)[C@@H]1O. The molecule has 0 radical (unpaired) electrons. The molecule has 4 amide bonds. The van der Waals surface area contributed by atoms with E-state index in [1.807, 2.05) is 9.13 Å². The molecule has 0 spiro atoms. The Morgan fingerprint density at radius 1 is 0.591 bits per heavy atom. The van der Waals surface area contributed by atoms with Gasteiger partial charge in [-0.3, -0.25) is 9.59 Å². The first-order valence-electron chi connectivity index (χ1n) is 24.2. The molecule has 6 heterocycles. The minimum atomic E-state index is -1.14. The van der Waals surface area contributed by atoms with E-state index in [1.54, 1.807) is 26.5 Å². The second kappa shape index (κ2) is 19.9. The summed E-state index contributed by atoms with van der Waals surface area (Å²) in [6, 6.07) is -2.96. The third-order valence-corrected chi connectivity index (χ3v) is 14.6. The van der Waals surface area contributed by atoms with Crippen molar-refractivity contribution in [2.45, 2.75) is 178 Å². The first-order valence-corrected chi connectivity index (χ1v) is 24.2. The molecule has 8 rings (SSSR count). The van der Waals surface area contributed by atoms with Crippen LogP contribution in [-0.2, 0) is 9.59 Å². The van der Waals surface area contributed by atoms with Crippen molar-refractivity contribution in [3.8, 4) is 0 Å². The molecule has 4 aliphatic rings. The number of carbonyl (C=O) groups is 3. The molecule has 4 aromatic heterocycles. The highest BCUT2D eigenvalue weighted by Crippen LogP contribution is 2.38. The van der Waals surface area contributed by atoms with Crippen LogP contribution in [0.3, 0.4) is 0 Å². The lowest BCUT2D eigenvalue weighted by molar-refractivity contribution is -0.123. The van der Waals surface area contributed by atoms with Gasteiger partial charge in [-0.25, -0.2) is 24.7 Å². The minimum Gasteiger partial charge on any atom is -0.388 e. The number of aromatic nitrogens is 8. The summed E-state index contributed by atoms with van der Waals surface area (Å²) in [5.74, 6) is 0.867. The first kappa shape index (κ1) is 47.3. The number of nitrogens with one attached hydrogen (secondary N) is 4. The van der Waals surface area contributed by atoms with Gasteiger partial charge in [0.2, 0.25) is 23.7 Å². The zero-order chi connectivity index (χ0) is 47.0. The van der Waals surface area contributed by atoms with Crippen molar-refractivity contribution in [2.24, 2.45) is 0 Å². The van der Waals surface area contributed by atoms with Gasteiger partial charge in [-0.15, -0.1) is 0 Å². The predicted molar refractivity (Wildman–Crippen MR) is 246 cm³/mol. The number of aliphatic hydroxyl groups excluding tert-OH is 4. The normalized spacial score (nSPS) is 27.8. The van der Waals surface area contributed by atoms with E-state index in [0.29, 0.717) is 86.1 Å². The van der Waals surface area contributed by atoms with E-state index in [9.17, 15) is 34.8 Å². The summed E-state index contributed by atoms with van der Waals surface area (Å²) < 4.78 is 3.62. The van der Waals surface area contributed by atoms with Gasteiger partial charge in [-0.1, -0.05) is 41.5 Å². The number of anilines is 2. The molecular weight excluding hydrogens is 849 g/mol. The Kier molecular flexibility index (Phi) is 14.3. The number of amides is 4. The summed E-state index contributed by atoms with van der Waals surface area (Å²) in [6.07, 6.45) is 4.64. The Labute approximate surface area is 384 Å². The van der Waals surface area contributed by atoms with Gasteiger partial charge in [0.15, 0.2) is 11.3 Å². The van der Waals surface area contributed by atoms with Gasteiger partial charge >= 0.3 is 6.03 Å². The number of rotatable bonds is 16. The number of fused-ring (bicyclic) bond motifs is 2. The van der Waals surface area contributed by atoms with Crippen molar-refractivity contribution in [3.63, 3.8) is 0 Å². The Hall–Kier alpha value is -5.25. The minimum absolute atomic E-state index is 0.116. The second-order valence-electron chi connectivity index (χ2n) is 18.6. The summed E-state index contributed by atoms with van der Waals surface area (Å²) >= 11 is 0. The molecule has 0 aromatic carbocycles. The molecule has 4 fully saturated rings. The zero-order valence-corrected chi connectivity index (χ0v) is 39.0. The monoisotopic (exact) mass is 917 g/mol. The third kappa shape index (κ3) is 9.10. The fourth-order valence-electron chi connectivity index (χ4n) is 10.5. The van der Waals surface area contributed by atoms with Crippen molar-refractivity contribution in [1.82, 2.24) is 60.3 Å². The van der Waals surface area contributed by atoms with Crippen LogP contribution in [0.2, 0.25) is 0 Å². The maximum Gasteiger partial charge on any atom is 0.315 e.